The van der Waals surface area contributed by atoms with Crippen molar-refractivity contribution in [3.8, 4) is 0 Å². The lowest BCUT2D eigenvalue weighted by atomic mass is 10.2. The molecule has 1 aromatic heterocycles. The van der Waals surface area contributed by atoms with Gasteiger partial charge in [0.1, 0.15) is 5.82 Å². The largest absolute Gasteiger partial charge is 0.352 e. The summed E-state index contributed by atoms with van der Waals surface area (Å²) in [6.45, 7) is 8.68. The molecule has 1 fully saturated rings. The van der Waals surface area contributed by atoms with Crippen LogP contribution in [0.2, 0.25) is 0 Å². The maximum absolute atomic E-state index is 4.55. The van der Waals surface area contributed by atoms with Crippen molar-refractivity contribution in [3.63, 3.8) is 0 Å². The van der Waals surface area contributed by atoms with Gasteiger partial charge in [0.25, 0.3) is 0 Å². The van der Waals surface area contributed by atoms with Crippen LogP contribution in [0.25, 0.3) is 0 Å². The fourth-order valence-electron chi connectivity index (χ4n) is 2.40. The number of aromatic nitrogens is 1. The fraction of sp³-hybridized carbons (Fsp3) is 0.643. The second-order valence-corrected chi connectivity index (χ2v) is 6.20. The molecule has 0 aromatic carbocycles. The van der Waals surface area contributed by atoms with E-state index in [-0.39, 0.29) is 0 Å². The van der Waals surface area contributed by atoms with Crippen molar-refractivity contribution in [3.05, 3.63) is 22.3 Å². The average Bonchev–Trinajstić information content (AvgIpc) is 2.78. The van der Waals surface area contributed by atoms with Gasteiger partial charge in [-0.3, -0.25) is 0 Å². The van der Waals surface area contributed by atoms with Gasteiger partial charge >= 0.3 is 0 Å². The highest BCUT2D eigenvalue weighted by Gasteiger charge is 2.25. The number of halogens is 1. The van der Waals surface area contributed by atoms with Crippen molar-refractivity contribution in [1.29, 1.82) is 0 Å². The standard InChI is InChI=1S/C14H22BrN3/c1-10(2)16-8-12-5-4-6-18(12)14-7-11(3)13(15)9-17-14/h7,9-10,12,16H,4-6,8H2,1-3H3. The zero-order valence-electron chi connectivity index (χ0n) is 11.4. The zero-order valence-corrected chi connectivity index (χ0v) is 13.0. The first-order valence-electron chi connectivity index (χ1n) is 6.70. The summed E-state index contributed by atoms with van der Waals surface area (Å²) in [7, 11) is 0. The van der Waals surface area contributed by atoms with E-state index in [0.717, 1.165) is 23.4 Å². The minimum absolute atomic E-state index is 0.548. The fourth-order valence-corrected chi connectivity index (χ4v) is 2.62. The van der Waals surface area contributed by atoms with Gasteiger partial charge in [-0.25, -0.2) is 4.98 Å². The Bertz CT molecular complexity index is 406. The first-order valence-corrected chi connectivity index (χ1v) is 7.49. The van der Waals surface area contributed by atoms with Crippen molar-refractivity contribution in [2.45, 2.75) is 45.7 Å². The monoisotopic (exact) mass is 311 g/mol. The van der Waals surface area contributed by atoms with Gasteiger partial charge in [-0.15, -0.1) is 0 Å². The number of rotatable bonds is 4. The van der Waals surface area contributed by atoms with E-state index in [2.05, 4.69) is 58.0 Å². The number of hydrogen-bond donors (Lipinski definition) is 1. The third-order valence-electron chi connectivity index (χ3n) is 3.47. The molecule has 0 bridgehead atoms. The molecule has 0 amide bonds. The number of aryl methyl sites for hydroxylation is 1. The molecule has 1 unspecified atom stereocenters. The van der Waals surface area contributed by atoms with Crippen molar-refractivity contribution < 1.29 is 0 Å². The molecule has 2 heterocycles. The lowest BCUT2D eigenvalue weighted by molar-refractivity contribution is 0.522. The maximum atomic E-state index is 4.55. The summed E-state index contributed by atoms with van der Waals surface area (Å²) in [5.74, 6) is 1.11. The summed E-state index contributed by atoms with van der Waals surface area (Å²) in [5.41, 5.74) is 1.25. The van der Waals surface area contributed by atoms with E-state index in [1.165, 1.54) is 18.4 Å². The van der Waals surface area contributed by atoms with Gasteiger partial charge in [-0.05, 0) is 47.3 Å². The van der Waals surface area contributed by atoms with Crippen molar-refractivity contribution in [1.82, 2.24) is 10.3 Å². The average molecular weight is 312 g/mol. The van der Waals surface area contributed by atoms with Gasteiger partial charge in [-0.2, -0.15) is 0 Å². The SMILES string of the molecule is Cc1cc(N2CCCC2CNC(C)C)ncc1Br. The molecule has 0 radical (unpaired) electrons. The van der Waals surface area contributed by atoms with E-state index in [4.69, 9.17) is 0 Å². The Labute approximate surface area is 118 Å². The second-order valence-electron chi connectivity index (χ2n) is 5.34. The van der Waals surface area contributed by atoms with Crippen molar-refractivity contribution >= 4 is 21.7 Å². The van der Waals surface area contributed by atoms with Gasteiger partial charge in [-0.1, -0.05) is 13.8 Å². The van der Waals surface area contributed by atoms with E-state index in [1.807, 2.05) is 6.20 Å². The molecule has 1 atom stereocenters. The highest BCUT2D eigenvalue weighted by molar-refractivity contribution is 9.10. The van der Waals surface area contributed by atoms with Crippen LogP contribution in [0.15, 0.2) is 16.7 Å². The van der Waals surface area contributed by atoms with Crippen LogP contribution in [-0.2, 0) is 0 Å². The summed E-state index contributed by atoms with van der Waals surface area (Å²) in [4.78, 5) is 6.99. The first kappa shape index (κ1) is 13.8. The Morgan fingerprint density at radius 2 is 2.33 bits per heavy atom. The molecule has 2 rings (SSSR count). The van der Waals surface area contributed by atoms with Crippen molar-refractivity contribution in [2.75, 3.05) is 18.0 Å². The lowest BCUT2D eigenvalue weighted by Gasteiger charge is -2.27. The van der Waals surface area contributed by atoms with Crippen LogP contribution in [0.3, 0.4) is 0 Å². The van der Waals surface area contributed by atoms with Crippen LogP contribution in [0, 0.1) is 6.92 Å². The van der Waals surface area contributed by atoms with E-state index >= 15 is 0 Å². The third-order valence-corrected chi connectivity index (χ3v) is 4.30. The minimum Gasteiger partial charge on any atom is -0.352 e. The maximum Gasteiger partial charge on any atom is 0.129 e. The molecule has 3 nitrogen and oxygen atoms in total. The molecule has 0 spiro atoms. The Morgan fingerprint density at radius 1 is 1.56 bits per heavy atom. The van der Waals surface area contributed by atoms with Gasteiger partial charge in [0.2, 0.25) is 0 Å². The van der Waals surface area contributed by atoms with Crippen LogP contribution < -0.4 is 10.2 Å². The molecule has 1 saturated heterocycles. The third kappa shape index (κ3) is 3.23. The highest BCUT2D eigenvalue weighted by atomic mass is 79.9. The van der Waals surface area contributed by atoms with E-state index in [1.54, 1.807) is 0 Å². The minimum atomic E-state index is 0.548. The van der Waals surface area contributed by atoms with Crippen LogP contribution in [-0.4, -0.2) is 30.2 Å². The lowest BCUT2D eigenvalue weighted by Crippen LogP contribution is -2.40. The quantitative estimate of drug-likeness (QED) is 0.926. The summed E-state index contributed by atoms with van der Waals surface area (Å²) in [6.07, 6.45) is 4.44. The van der Waals surface area contributed by atoms with E-state index in [0.29, 0.717) is 12.1 Å². The number of nitrogens with zero attached hydrogens (tertiary/aromatic N) is 2. The normalized spacial score (nSPS) is 19.8. The van der Waals surface area contributed by atoms with Gasteiger partial charge in [0, 0.05) is 35.8 Å². The number of nitrogens with one attached hydrogen (secondary N) is 1. The number of anilines is 1. The Hall–Kier alpha value is -0.610. The summed E-state index contributed by atoms with van der Waals surface area (Å²) < 4.78 is 1.09. The zero-order chi connectivity index (χ0) is 13.1. The highest BCUT2D eigenvalue weighted by Crippen LogP contribution is 2.26. The molecule has 1 aliphatic rings. The molecule has 0 saturated carbocycles. The van der Waals surface area contributed by atoms with Crippen LogP contribution in [0.5, 0.6) is 0 Å². The Morgan fingerprint density at radius 3 is 3.00 bits per heavy atom. The molecular weight excluding hydrogens is 290 g/mol. The molecule has 100 valence electrons. The van der Waals surface area contributed by atoms with Crippen molar-refractivity contribution in [2.24, 2.45) is 0 Å². The molecule has 1 aromatic rings. The topological polar surface area (TPSA) is 28.2 Å². The summed E-state index contributed by atoms with van der Waals surface area (Å²) in [5, 5.41) is 3.53. The first-order chi connectivity index (χ1) is 8.58. The van der Waals surface area contributed by atoms with Gasteiger partial charge < -0.3 is 10.2 Å². The molecular formula is C14H22BrN3. The molecule has 0 aliphatic carbocycles. The molecule has 4 heteroatoms. The number of hydrogen-bond acceptors (Lipinski definition) is 3. The van der Waals surface area contributed by atoms with Gasteiger partial charge in [0.15, 0.2) is 0 Å². The smallest absolute Gasteiger partial charge is 0.129 e. The number of pyridine rings is 1. The molecule has 18 heavy (non-hydrogen) atoms. The molecule has 1 N–H and O–H groups in total. The predicted molar refractivity (Wildman–Crippen MR) is 80.2 cm³/mol. The Balaban J connectivity index is 2.08. The van der Waals surface area contributed by atoms with Gasteiger partial charge in [0.05, 0.1) is 0 Å². The van der Waals surface area contributed by atoms with E-state index < -0.39 is 0 Å². The van der Waals surface area contributed by atoms with Crippen LogP contribution in [0.4, 0.5) is 5.82 Å². The second kappa shape index (κ2) is 6.02. The van der Waals surface area contributed by atoms with Crippen LogP contribution in [0.1, 0.15) is 32.3 Å². The summed E-state index contributed by atoms with van der Waals surface area (Å²) >= 11 is 3.51. The summed E-state index contributed by atoms with van der Waals surface area (Å²) in [6, 6.07) is 3.31. The van der Waals surface area contributed by atoms with E-state index in [9.17, 15) is 0 Å². The Kier molecular flexibility index (Phi) is 4.62. The molecule has 1 aliphatic heterocycles. The van der Waals surface area contributed by atoms with Crippen LogP contribution >= 0.6 is 15.9 Å². The predicted octanol–water partition coefficient (Wildman–Crippen LogP) is 3.12.